The van der Waals surface area contributed by atoms with Crippen molar-refractivity contribution in [2.45, 2.75) is 6.42 Å². The number of nitrogens with zero attached hydrogens (tertiary/aromatic N) is 1. The predicted molar refractivity (Wildman–Crippen MR) is 94.2 cm³/mol. The summed E-state index contributed by atoms with van der Waals surface area (Å²) < 4.78 is 0. The van der Waals surface area contributed by atoms with Gasteiger partial charge in [0.15, 0.2) is 0 Å². The second-order valence-electron chi connectivity index (χ2n) is 5.02. The van der Waals surface area contributed by atoms with Crippen LogP contribution in [0.5, 0.6) is 0 Å². The smallest absolute Gasteiger partial charge is 0.245 e. The minimum absolute atomic E-state index is 0.210. The van der Waals surface area contributed by atoms with E-state index in [0.29, 0.717) is 15.6 Å². The van der Waals surface area contributed by atoms with Crippen LogP contribution in [0.1, 0.15) is 11.3 Å². The molecule has 0 spiro atoms. The molecule has 1 aromatic heterocycles. The first-order valence-corrected chi connectivity index (χ1v) is 7.71. The van der Waals surface area contributed by atoms with Gasteiger partial charge in [0.1, 0.15) is 0 Å². The fourth-order valence-corrected chi connectivity index (χ4v) is 2.68. The number of nitrogens with one attached hydrogen (secondary N) is 2. The highest BCUT2D eigenvalue weighted by Gasteiger charge is 2.05. The van der Waals surface area contributed by atoms with Gasteiger partial charge in [0.05, 0.1) is 17.7 Å². The zero-order valence-corrected chi connectivity index (χ0v) is 13.5. The topological polar surface area (TPSA) is 57.2 Å². The SMILES string of the molecule is O=C(Cc1cc2ccccc2[nH]1)N/N=C\c1ccc(Cl)cc1Cl. The molecular weight excluding hydrogens is 333 g/mol. The molecule has 1 heterocycles. The molecule has 4 nitrogen and oxygen atoms in total. The maximum absolute atomic E-state index is 11.9. The van der Waals surface area contributed by atoms with Crippen LogP contribution in [0.15, 0.2) is 53.6 Å². The highest BCUT2D eigenvalue weighted by molar-refractivity contribution is 6.36. The molecule has 1 amide bonds. The van der Waals surface area contributed by atoms with E-state index >= 15 is 0 Å². The van der Waals surface area contributed by atoms with Gasteiger partial charge >= 0.3 is 0 Å². The Morgan fingerprint density at radius 2 is 2.00 bits per heavy atom. The van der Waals surface area contributed by atoms with E-state index in [4.69, 9.17) is 23.2 Å². The van der Waals surface area contributed by atoms with Crippen LogP contribution in [-0.4, -0.2) is 17.1 Å². The number of fused-ring (bicyclic) bond motifs is 1. The van der Waals surface area contributed by atoms with Crippen molar-refractivity contribution in [2.24, 2.45) is 5.10 Å². The molecule has 2 aromatic carbocycles. The lowest BCUT2D eigenvalue weighted by Gasteiger charge is -2.00. The molecule has 0 aliphatic heterocycles. The molecule has 0 bridgehead atoms. The number of H-pyrrole nitrogens is 1. The Labute approximate surface area is 143 Å². The van der Waals surface area contributed by atoms with Crippen molar-refractivity contribution < 1.29 is 4.79 Å². The first-order chi connectivity index (χ1) is 11.1. The van der Waals surface area contributed by atoms with Crippen molar-refractivity contribution in [3.05, 3.63) is 69.8 Å². The highest BCUT2D eigenvalue weighted by Crippen LogP contribution is 2.19. The number of halogens is 2. The minimum Gasteiger partial charge on any atom is -0.358 e. The Morgan fingerprint density at radius 1 is 1.17 bits per heavy atom. The van der Waals surface area contributed by atoms with E-state index < -0.39 is 0 Å². The third kappa shape index (κ3) is 3.92. The minimum atomic E-state index is -0.210. The van der Waals surface area contributed by atoms with Gasteiger partial charge in [-0.05, 0) is 29.7 Å². The fourth-order valence-electron chi connectivity index (χ4n) is 2.22. The number of amides is 1. The van der Waals surface area contributed by atoms with Gasteiger partial charge in [0, 0.05) is 21.8 Å². The zero-order chi connectivity index (χ0) is 16.2. The van der Waals surface area contributed by atoms with Gasteiger partial charge in [0.2, 0.25) is 5.91 Å². The molecular formula is C17H13Cl2N3O. The number of aromatic amines is 1. The molecule has 0 saturated carbocycles. The molecule has 0 aliphatic carbocycles. The largest absolute Gasteiger partial charge is 0.358 e. The Morgan fingerprint density at radius 3 is 2.78 bits per heavy atom. The molecule has 0 radical (unpaired) electrons. The van der Waals surface area contributed by atoms with Crippen LogP contribution in [-0.2, 0) is 11.2 Å². The normalized spacial score (nSPS) is 11.2. The number of hydrogen-bond acceptors (Lipinski definition) is 2. The first kappa shape index (κ1) is 15.6. The van der Waals surface area contributed by atoms with E-state index in [1.54, 1.807) is 18.2 Å². The molecule has 3 rings (SSSR count). The molecule has 116 valence electrons. The molecule has 2 N–H and O–H groups in total. The summed E-state index contributed by atoms with van der Waals surface area (Å²) in [5, 5.41) is 6.02. The molecule has 6 heteroatoms. The number of rotatable bonds is 4. The standard InChI is InChI=1S/C17H13Cl2N3O/c18-13-6-5-12(15(19)8-13)10-20-22-17(23)9-14-7-11-3-1-2-4-16(11)21-14/h1-8,10,21H,9H2,(H,22,23)/b20-10-. The quantitative estimate of drug-likeness (QED) is 0.541. The molecule has 0 fully saturated rings. The maximum atomic E-state index is 11.9. The van der Waals surface area contributed by atoms with Gasteiger partial charge in [-0.25, -0.2) is 5.43 Å². The first-order valence-electron chi connectivity index (χ1n) is 6.95. The number of hydrazone groups is 1. The van der Waals surface area contributed by atoms with Crippen LogP contribution in [0, 0.1) is 0 Å². The summed E-state index contributed by atoms with van der Waals surface area (Å²) in [7, 11) is 0. The highest BCUT2D eigenvalue weighted by atomic mass is 35.5. The predicted octanol–water partition coefficient (Wildman–Crippen LogP) is 4.17. The Balaban J connectivity index is 1.61. The number of hydrogen-bond donors (Lipinski definition) is 2. The van der Waals surface area contributed by atoms with Crippen LogP contribution in [0.3, 0.4) is 0 Å². The molecule has 0 atom stereocenters. The van der Waals surface area contributed by atoms with Crippen molar-refractivity contribution in [1.82, 2.24) is 10.4 Å². The molecule has 3 aromatic rings. The van der Waals surface area contributed by atoms with E-state index in [1.807, 2.05) is 30.3 Å². The lowest BCUT2D eigenvalue weighted by molar-refractivity contribution is -0.120. The van der Waals surface area contributed by atoms with Crippen molar-refractivity contribution >= 4 is 46.2 Å². The lowest BCUT2D eigenvalue weighted by Crippen LogP contribution is -2.19. The second kappa shape index (κ2) is 6.86. The molecule has 23 heavy (non-hydrogen) atoms. The van der Waals surface area contributed by atoms with Crippen LogP contribution in [0.4, 0.5) is 0 Å². The van der Waals surface area contributed by atoms with Crippen molar-refractivity contribution in [1.29, 1.82) is 0 Å². The summed E-state index contributed by atoms with van der Waals surface area (Å²) in [6, 6.07) is 14.9. The molecule has 0 saturated heterocycles. The summed E-state index contributed by atoms with van der Waals surface area (Å²) in [6.45, 7) is 0. The number of carbonyl (C=O) groups is 1. The lowest BCUT2D eigenvalue weighted by atomic mass is 10.2. The second-order valence-corrected chi connectivity index (χ2v) is 5.86. The summed E-state index contributed by atoms with van der Waals surface area (Å²) in [5.74, 6) is -0.210. The summed E-state index contributed by atoms with van der Waals surface area (Å²) in [5.41, 5.74) is 5.01. The Bertz CT molecular complexity index is 853. The van der Waals surface area contributed by atoms with E-state index in [2.05, 4.69) is 15.5 Å². The van der Waals surface area contributed by atoms with Crippen LogP contribution >= 0.6 is 23.2 Å². The summed E-state index contributed by atoms with van der Waals surface area (Å²) in [6.07, 6.45) is 1.71. The van der Waals surface area contributed by atoms with Gasteiger partial charge < -0.3 is 4.98 Å². The van der Waals surface area contributed by atoms with Gasteiger partial charge in [-0.1, -0.05) is 47.5 Å². The molecule has 0 aliphatic rings. The monoisotopic (exact) mass is 345 g/mol. The Hall–Kier alpha value is -2.30. The van der Waals surface area contributed by atoms with Crippen molar-refractivity contribution in [3.63, 3.8) is 0 Å². The van der Waals surface area contributed by atoms with E-state index in [9.17, 15) is 4.79 Å². The van der Waals surface area contributed by atoms with Crippen LogP contribution in [0.25, 0.3) is 10.9 Å². The van der Waals surface area contributed by atoms with Crippen molar-refractivity contribution in [3.8, 4) is 0 Å². The fraction of sp³-hybridized carbons (Fsp3) is 0.0588. The van der Waals surface area contributed by atoms with E-state index in [1.165, 1.54) is 6.21 Å². The number of aromatic nitrogens is 1. The van der Waals surface area contributed by atoms with Crippen molar-refractivity contribution in [2.75, 3.05) is 0 Å². The van der Waals surface area contributed by atoms with E-state index in [0.717, 1.165) is 16.6 Å². The third-order valence-corrected chi connectivity index (χ3v) is 3.85. The van der Waals surface area contributed by atoms with Gasteiger partial charge in [-0.2, -0.15) is 5.10 Å². The van der Waals surface area contributed by atoms with Gasteiger partial charge in [-0.15, -0.1) is 0 Å². The van der Waals surface area contributed by atoms with E-state index in [-0.39, 0.29) is 12.3 Å². The zero-order valence-electron chi connectivity index (χ0n) is 12.0. The average molecular weight is 346 g/mol. The maximum Gasteiger partial charge on any atom is 0.245 e. The third-order valence-electron chi connectivity index (χ3n) is 3.29. The van der Waals surface area contributed by atoms with Gasteiger partial charge in [0.25, 0.3) is 0 Å². The number of carbonyl (C=O) groups excluding carboxylic acids is 1. The summed E-state index contributed by atoms with van der Waals surface area (Å²) in [4.78, 5) is 15.1. The molecule has 0 unspecified atom stereocenters. The number of benzene rings is 2. The summed E-state index contributed by atoms with van der Waals surface area (Å²) >= 11 is 11.8. The van der Waals surface area contributed by atoms with Crippen LogP contribution in [0.2, 0.25) is 10.0 Å². The Kier molecular flexibility index (Phi) is 4.65. The van der Waals surface area contributed by atoms with Gasteiger partial charge in [-0.3, -0.25) is 4.79 Å². The number of para-hydroxylation sites is 1. The van der Waals surface area contributed by atoms with Crippen LogP contribution < -0.4 is 5.43 Å². The average Bonchev–Trinajstić information content (AvgIpc) is 2.91.